The van der Waals surface area contributed by atoms with E-state index >= 15 is 0 Å². The predicted molar refractivity (Wildman–Crippen MR) is 63.0 cm³/mol. The number of rotatable bonds is 4. The smallest absolute Gasteiger partial charge is 0.208 e. The highest BCUT2D eigenvalue weighted by Gasteiger charge is 2.03. The number of benzene rings is 1. The largest absolute Gasteiger partial charge is 0.215 e. The van der Waals surface area contributed by atoms with Gasteiger partial charge in [-0.3, -0.25) is 0 Å². The van der Waals surface area contributed by atoms with Gasteiger partial charge in [-0.1, -0.05) is 29.3 Å². The van der Waals surface area contributed by atoms with Crippen molar-refractivity contribution >= 4 is 33.2 Å². The summed E-state index contributed by atoms with van der Waals surface area (Å²) in [6.45, 7) is 0.334. The third kappa shape index (κ3) is 4.84. The van der Waals surface area contributed by atoms with Gasteiger partial charge in [0.25, 0.3) is 0 Å². The van der Waals surface area contributed by atoms with Crippen LogP contribution in [0, 0.1) is 0 Å². The lowest BCUT2D eigenvalue weighted by Crippen LogP contribution is -2.24. The molecule has 0 aliphatic carbocycles. The van der Waals surface area contributed by atoms with E-state index in [1.807, 2.05) is 0 Å². The lowest BCUT2D eigenvalue weighted by molar-refractivity contribution is 0.588. The average Bonchev–Trinajstić information content (AvgIpc) is 2.07. The van der Waals surface area contributed by atoms with Crippen molar-refractivity contribution in [2.45, 2.75) is 6.42 Å². The Kier molecular flexibility index (Phi) is 4.40. The molecule has 3 nitrogen and oxygen atoms in total. The van der Waals surface area contributed by atoms with Gasteiger partial charge in [-0.05, 0) is 24.1 Å². The van der Waals surface area contributed by atoms with Crippen LogP contribution in [-0.4, -0.2) is 21.2 Å². The summed E-state index contributed by atoms with van der Waals surface area (Å²) in [5.74, 6) is 0. The predicted octanol–water partition coefficient (Wildman–Crippen LogP) is 2.09. The second-order valence-corrected chi connectivity index (χ2v) is 5.83. The lowest BCUT2D eigenvalue weighted by Gasteiger charge is -2.05. The Bertz CT molecular complexity index is 445. The molecule has 0 atom stereocenters. The number of halogens is 2. The third-order valence-corrected chi connectivity index (χ3v) is 3.09. The molecule has 0 bridgehead atoms. The highest BCUT2D eigenvalue weighted by Crippen LogP contribution is 2.20. The monoisotopic (exact) mass is 267 g/mol. The normalized spacial score (nSPS) is 11.7. The van der Waals surface area contributed by atoms with E-state index in [1.54, 1.807) is 18.2 Å². The maximum Gasteiger partial charge on any atom is 0.208 e. The van der Waals surface area contributed by atoms with Crippen molar-refractivity contribution in [3.05, 3.63) is 33.8 Å². The zero-order valence-electron chi connectivity index (χ0n) is 8.13. The minimum absolute atomic E-state index is 0.334. The Labute approximate surface area is 99.4 Å². The van der Waals surface area contributed by atoms with Crippen molar-refractivity contribution in [2.75, 3.05) is 12.8 Å². The second-order valence-electron chi connectivity index (χ2n) is 3.15. The van der Waals surface area contributed by atoms with Crippen molar-refractivity contribution in [1.29, 1.82) is 0 Å². The van der Waals surface area contributed by atoms with Crippen LogP contribution in [0.3, 0.4) is 0 Å². The summed E-state index contributed by atoms with van der Waals surface area (Å²) in [6.07, 6.45) is 1.67. The first-order valence-electron chi connectivity index (χ1n) is 4.27. The van der Waals surface area contributed by atoms with Crippen LogP contribution >= 0.6 is 23.2 Å². The molecular weight excluding hydrogens is 257 g/mol. The van der Waals surface area contributed by atoms with Crippen molar-refractivity contribution in [2.24, 2.45) is 0 Å². The molecule has 0 radical (unpaired) electrons. The molecule has 1 rings (SSSR count). The van der Waals surface area contributed by atoms with Crippen molar-refractivity contribution in [3.63, 3.8) is 0 Å². The quantitative estimate of drug-likeness (QED) is 0.908. The summed E-state index contributed by atoms with van der Waals surface area (Å²) in [5.41, 5.74) is 0.872. The van der Waals surface area contributed by atoms with Gasteiger partial charge in [-0.15, -0.1) is 0 Å². The SMILES string of the molecule is CS(=O)(=O)NCCc1ccc(Cl)cc1Cl. The average molecular weight is 268 g/mol. The van der Waals surface area contributed by atoms with Gasteiger partial charge in [0, 0.05) is 16.6 Å². The van der Waals surface area contributed by atoms with Crippen molar-refractivity contribution in [3.8, 4) is 0 Å². The van der Waals surface area contributed by atoms with Crippen molar-refractivity contribution < 1.29 is 8.42 Å². The number of sulfonamides is 1. The van der Waals surface area contributed by atoms with E-state index in [1.165, 1.54) is 0 Å². The fourth-order valence-corrected chi connectivity index (χ4v) is 2.07. The van der Waals surface area contributed by atoms with E-state index in [4.69, 9.17) is 23.2 Å². The summed E-state index contributed by atoms with van der Waals surface area (Å²) in [4.78, 5) is 0. The van der Waals surface area contributed by atoms with Crippen molar-refractivity contribution in [1.82, 2.24) is 4.72 Å². The van der Waals surface area contributed by atoms with Gasteiger partial charge in [0.1, 0.15) is 0 Å². The Morgan fingerprint density at radius 2 is 2.00 bits per heavy atom. The molecule has 1 aromatic carbocycles. The molecule has 0 spiro atoms. The maximum atomic E-state index is 10.8. The highest BCUT2D eigenvalue weighted by atomic mass is 35.5. The molecule has 0 saturated carbocycles. The van der Waals surface area contributed by atoms with E-state index in [0.29, 0.717) is 23.0 Å². The van der Waals surface area contributed by atoms with Crippen LogP contribution in [0.2, 0.25) is 10.0 Å². The molecular formula is C9H11Cl2NO2S. The van der Waals surface area contributed by atoms with Gasteiger partial charge >= 0.3 is 0 Å². The van der Waals surface area contributed by atoms with Gasteiger partial charge in [0.05, 0.1) is 6.26 Å². The minimum Gasteiger partial charge on any atom is -0.215 e. The molecule has 0 unspecified atom stereocenters. The van der Waals surface area contributed by atoms with E-state index in [9.17, 15) is 8.42 Å². The Morgan fingerprint density at radius 1 is 1.33 bits per heavy atom. The molecule has 1 aromatic rings. The molecule has 0 saturated heterocycles. The molecule has 6 heteroatoms. The van der Waals surface area contributed by atoms with E-state index < -0.39 is 10.0 Å². The Hall–Kier alpha value is -0.290. The number of nitrogens with one attached hydrogen (secondary N) is 1. The lowest BCUT2D eigenvalue weighted by atomic mass is 10.1. The van der Waals surface area contributed by atoms with Gasteiger partial charge in [0.15, 0.2) is 0 Å². The van der Waals surface area contributed by atoms with Crippen LogP contribution in [0.5, 0.6) is 0 Å². The first kappa shape index (κ1) is 12.8. The van der Waals surface area contributed by atoms with Gasteiger partial charge in [0.2, 0.25) is 10.0 Å². The highest BCUT2D eigenvalue weighted by molar-refractivity contribution is 7.88. The molecule has 84 valence electrons. The van der Waals surface area contributed by atoms with Crippen LogP contribution in [0.25, 0.3) is 0 Å². The molecule has 0 aliphatic heterocycles. The van der Waals surface area contributed by atoms with Crippen LogP contribution in [0.1, 0.15) is 5.56 Å². The zero-order valence-corrected chi connectivity index (χ0v) is 10.5. The molecule has 0 aliphatic rings. The summed E-state index contributed by atoms with van der Waals surface area (Å²) in [6, 6.07) is 5.15. The van der Waals surface area contributed by atoms with Crippen LogP contribution < -0.4 is 4.72 Å². The van der Waals surface area contributed by atoms with E-state index in [-0.39, 0.29) is 0 Å². The maximum absolute atomic E-state index is 10.8. The fourth-order valence-electron chi connectivity index (χ4n) is 1.10. The first-order valence-corrected chi connectivity index (χ1v) is 6.92. The van der Waals surface area contributed by atoms with Gasteiger partial charge < -0.3 is 0 Å². The summed E-state index contributed by atoms with van der Waals surface area (Å²) >= 11 is 11.6. The van der Waals surface area contributed by atoms with Crippen LogP contribution in [0.15, 0.2) is 18.2 Å². The number of hydrogen-bond acceptors (Lipinski definition) is 2. The standard InChI is InChI=1S/C9H11Cl2NO2S/c1-15(13,14)12-5-4-7-2-3-8(10)6-9(7)11/h2-3,6,12H,4-5H2,1H3. The summed E-state index contributed by atoms with van der Waals surface area (Å²) in [7, 11) is -3.13. The molecule has 0 amide bonds. The minimum atomic E-state index is -3.13. The van der Waals surface area contributed by atoms with Crippen LogP contribution in [0.4, 0.5) is 0 Å². The number of hydrogen-bond donors (Lipinski definition) is 1. The van der Waals surface area contributed by atoms with Gasteiger partial charge in [-0.25, -0.2) is 13.1 Å². The molecule has 0 heterocycles. The topological polar surface area (TPSA) is 46.2 Å². The van der Waals surface area contributed by atoms with Gasteiger partial charge in [-0.2, -0.15) is 0 Å². The molecule has 0 fully saturated rings. The van der Waals surface area contributed by atoms with E-state index in [2.05, 4.69) is 4.72 Å². The summed E-state index contributed by atoms with van der Waals surface area (Å²) < 4.78 is 24.0. The Balaban J connectivity index is 2.59. The third-order valence-electron chi connectivity index (χ3n) is 1.77. The molecule has 1 N–H and O–H groups in total. The zero-order chi connectivity index (χ0) is 11.5. The molecule has 15 heavy (non-hydrogen) atoms. The Morgan fingerprint density at radius 3 is 2.53 bits per heavy atom. The molecule has 0 aromatic heterocycles. The van der Waals surface area contributed by atoms with E-state index in [0.717, 1.165) is 11.8 Å². The first-order chi connectivity index (χ1) is 6.88. The summed E-state index contributed by atoms with van der Waals surface area (Å²) in [5, 5.41) is 1.12. The second kappa shape index (κ2) is 5.16. The fraction of sp³-hybridized carbons (Fsp3) is 0.333. The van der Waals surface area contributed by atoms with Crippen LogP contribution in [-0.2, 0) is 16.4 Å².